The Morgan fingerprint density at radius 3 is 2.81 bits per heavy atom. The molecule has 4 nitrogen and oxygen atoms in total. The second-order valence-electron chi connectivity index (χ2n) is 4.40. The number of thiocarbonyl (C=S) groups is 1. The van der Waals surface area contributed by atoms with E-state index in [-0.39, 0.29) is 10.9 Å². The summed E-state index contributed by atoms with van der Waals surface area (Å²) in [7, 11) is 0. The van der Waals surface area contributed by atoms with Gasteiger partial charge in [-0.3, -0.25) is 5.43 Å². The minimum atomic E-state index is 0.0676. The van der Waals surface area contributed by atoms with Crippen LogP contribution in [0.15, 0.2) is 47.6 Å². The number of nitrogens with one attached hydrogen (secondary N) is 1. The van der Waals surface area contributed by atoms with E-state index in [1.54, 1.807) is 6.07 Å². The molecule has 0 amide bonds. The molecule has 0 saturated carbocycles. The van der Waals surface area contributed by atoms with Gasteiger partial charge in [0.15, 0.2) is 5.11 Å². The second kappa shape index (κ2) is 7.06. The van der Waals surface area contributed by atoms with Gasteiger partial charge in [-0.15, -0.1) is 0 Å². The third-order valence-corrected chi connectivity index (χ3v) is 3.28. The van der Waals surface area contributed by atoms with Gasteiger partial charge in [0.1, 0.15) is 5.75 Å². The molecule has 0 bridgehead atoms. The van der Waals surface area contributed by atoms with E-state index in [0.29, 0.717) is 12.0 Å². The molecule has 0 unspecified atom stereocenters. The molecule has 21 heavy (non-hydrogen) atoms. The van der Waals surface area contributed by atoms with Crippen LogP contribution in [-0.2, 0) is 6.42 Å². The summed E-state index contributed by atoms with van der Waals surface area (Å²) in [5.74, 6) is 0.131. The van der Waals surface area contributed by atoms with Gasteiger partial charge in [0.25, 0.3) is 0 Å². The highest BCUT2D eigenvalue weighted by Crippen LogP contribution is 2.22. The molecule has 0 atom stereocenters. The Bertz CT molecular complexity index is 688. The first-order chi connectivity index (χ1) is 10.1. The number of nitrogens with two attached hydrogens (primary N) is 1. The number of aromatic hydroxyl groups is 1. The molecule has 2 rings (SSSR count). The molecule has 0 saturated heterocycles. The van der Waals surface area contributed by atoms with Crippen LogP contribution in [0, 0.1) is 0 Å². The smallest absolute Gasteiger partial charge is 0.184 e. The van der Waals surface area contributed by atoms with Crippen LogP contribution in [-0.4, -0.2) is 16.4 Å². The fraction of sp³-hybridized carbons (Fsp3) is 0.0667. The zero-order valence-electron chi connectivity index (χ0n) is 11.1. The van der Waals surface area contributed by atoms with Gasteiger partial charge in [-0.25, -0.2) is 0 Å². The Hall–Kier alpha value is -2.11. The molecular weight excluding hydrogens is 306 g/mol. The summed E-state index contributed by atoms with van der Waals surface area (Å²) in [5.41, 5.74) is 10.3. The molecule has 0 aliphatic rings. The van der Waals surface area contributed by atoms with Gasteiger partial charge in [-0.1, -0.05) is 35.9 Å². The first-order valence-corrected chi connectivity index (χ1v) is 6.98. The van der Waals surface area contributed by atoms with Crippen molar-refractivity contribution in [1.82, 2.24) is 5.43 Å². The summed E-state index contributed by atoms with van der Waals surface area (Å²) in [6.07, 6.45) is 2.13. The van der Waals surface area contributed by atoms with E-state index >= 15 is 0 Å². The lowest BCUT2D eigenvalue weighted by Crippen LogP contribution is -2.24. The van der Waals surface area contributed by atoms with Crippen molar-refractivity contribution >= 4 is 35.1 Å². The summed E-state index contributed by atoms with van der Waals surface area (Å²) in [4.78, 5) is 0. The maximum atomic E-state index is 9.81. The van der Waals surface area contributed by atoms with Gasteiger partial charge in [-0.05, 0) is 48.0 Å². The quantitative estimate of drug-likeness (QED) is 0.460. The van der Waals surface area contributed by atoms with Gasteiger partial charge in [0, 0.05) is 10.6 Å². The number of phenolic OH excluding ortho intramolecular Hbond substituents is 1. The van der Waals surface area contributed by atoms with Crippen molar-refractivity contribution in [3.05, 3.63) is 64.2 Å². The summed E-state index contributed by atoms with van der Waals surface area (Å²) in [5, 5.41) is 14.4. The Kier molecular flexibility index (Phi) is 5.14. The average molecular weight is 320 g/mol. The highest BCUT2D eigenvalue weighted by molar-refractivity contribution is 7.80. The fourth-order valence-corrected chi connectivity index (χ4v) is 2.10. The number of nitrogens with zero attached hydrogens (tertiary/aromatic N) is 1. The summed E-state index contributed by atoms with van der Waals surface area (Å²) in [6, 6.07) is 13.0. The van der Waals surface area contributed by atoms with Gasteiger partial charge >= 0.3 is 0 Å². The maximum Gasteiger partial charge on any atom is 0.184 e. The van der Waals surface area contributed by atoms with Crippen LogP contribution in [0.2, 0.25) is 5.02 Å². The standard InChI is InChI=1S/C15H14ClN3OS/c16-13-4-2-1-3-11(13)7-10-5-6-14(20)12(8-10)9-18-19-15(17)21/h1-6,8-9,20H,7H2,(H3,17,19,21)/b18-9-. The lowest BCUT2D eigenvalue weighted by atomic mass is 10.0. The molecule has 0 fully saturated rings. The Morgan fingerprint density at radius 2 is 2.10 bits per heavy atom. The molecule has 0 heterocycles. The number of halogens is 1. The minimum Gasteiger partial charge on any atom is -0.507 e. The Morgan fingerprint density at radius 1 is 1.33 bits per heavy atom. The monoisotopic (exact) mass is 319 g/mol. The van der Waals surface area contributed by atoms with Crippen LogP contribution in [0.1, 0.15) is 16.7 Å². The topological polar surface area (TPSA) is 70.6 Å². The van der Waals surface area contributed by atoms with Crippen LogP contribution in [0.5, 0.6) is 5.75 Å². The lowest BCUT2D eigenvalue weighted by molar-refractivity contribution is 0.474. The first-order valence-electron chi connectivity index (χ1n) is 6.20. The van der Waals surface area contributed by atoms with Crippen molar-refractivity contribution < 1.29 is 5.11 Å². The number of hydrogen-bond donors (Lipinski definition) is 3. The maximum absolute atomic E-state index is 9.81. The van der Waals surface area contributed by atoms with Crippen molar-refractivity contribution in [2.75, 3.05) is 0 Å². The van der Waals surface area contributed by atoms with Crippen LogP contribution in [0.25, 0.3) is 0 Å². The Balaban J connectivity index is 2.20. The molecule has 6 heteroatoms. The number of rotatable bonds is 4. The third kappa shape index (κ3) is 4.44. The Labute approximate surface area is 133 Å². The largest absolute Gasteiger partial charge is 0.507 e. The first kappa shape index (κ1) is 15.3. The van der Waals surface area contributed by atoms with E-state index < -0.39 is 0 Å². The van der Waals surface area contributed by atoms with Crippen molar-refractivity contribution in [2.45, 2.75) is 6.42 Å². The minimum absolute atomic E-state index is 0.0676. The van der Waals surface area contributed by atoms with E-state index in [9.17, 15) is 5.11 Å². The van der Waals surface area contributed by atoms with Gasteiger partial charge < -0.3 is 10.8 Å². The molecule has 108 valence electrons. The molecule has 0 radical (unpaired) electrons. The van der Waals surface area contributed by atoms with E-state index in [1.807, 2.05) is 36.4 Å². The van der Waals surface area contributed by atoms with Crippen LogP contribution in [0.3, 0.4) is 0 Å². The van der Waals surface area contributed by atoms with E-state index in [0.717, 1.165) is 16.1 Å². The molecule has 2 aromatic carbocycles. The second-order valence-corrected chi connectivity index (χ2v) is 5.24. The summed E-state index contributed by atoms with van der Waals surface area (Å²) < 4.78 is 0. The van der Waals surface area contributed by atoms with Crippen molar-refractivity contribution in [2.24, 2.45) is 10.8 Å². The van der Waals surface area contributed by atoms with E-state index in [4.69, 9.17) is 17.3 Å². The van der Waals surface area contributed by atoms with Crippen LogP contribution in [0.4, 0.5) is 0 Å². The zero-order chi connectivity index (χ0) is 15.2. The number of benzene rings is 2. The van der Waals surface area contributed by atoms with Gasteiger partial charge in [0.2, 0.25) is 0 Å². The van der Waals surface area contributed by atoms with Crippen molar-refractivity contribution in [1.29, 1.82) is 0 Å². The lowest BCUT2D eigenvalue weighted by Gasteiger charge is -2.06. The molecule has 0 aliphatic heterocycles. The third-order valence-electron chi connectivity index (χ3n) is 2.82. The van der Waals surface area contributed by atoms with E-state index in [2.05, 4.69) is 22.7 Å². The SMILES string of the molecule is NC(=S)N/N=C\c1cc(Cc2ccccc2Cl)ccc1O. The predicted octanol–water partition coefficient (Wildman–Crippen LogP) is 2.80. The predicted molar refractivity (Wildman–Crippen MR) is 89.9 cm³/mol. The summed E-state index contributed by atoms with van der Waals surface area (Å²) >= 11 is 10.8. The van der Waals surface area contributed by atoms with Gasteiger partial charge in [0.05, 0.1) is 6.21 Å². The van der Waals surface area contributed by atoms with Crippen molar-refractivity contribution in [3.8, 4) is 5.75 Å². The fourth-order valence-electron chi connectivity index (χ4n) is 1.84. The van der Waals surface area contributed by atoms with Crippen molar-refractivity contribution in [3.63, 3.8) is 0 Å². The normalized spacial score (nSPS) is 10.7. The average Bonchev–Trinajstić information content (AvgIpc) is 2.44. The number of hydrogen-bond acceptors (Lipinski definition) is 3. The molecule has 4 N–H and O–H groups in total. The van der Waals surface area contributed by atoms with E-state index in [1.165, 1.54) is 6.21 Å². The molecule has 0 aliphatic carbocycles. The number of hydrazone groups is 1. The molecule has 0 aromatic heterocycles. The van der Waals surface area contributed by atoms with Crippen LogP contribution < -0.4 is 11.2 Å². The summed E-state index contributed by atoms with van der Waals surface area (Å²) in [6.45, 7) is 0. The number of phenols is 1. The zero-order valence-corrected chi connectivity index (χ0v) is 12.7. The van der Waals surface area contributed by atoms with Gasteiger partial charge in [-0.2, -0.15) is 5.10 Å². The molecule has 0 spiro atoms. The highest BCUT2D eigenvalue weighted by Gasteiger charge is 2.04. The molecular formula is C15H14ClN3OS. The highest BCUT2D eigenvalue weighted by atomic mass is 35.5. The molecule has 2 aromatic rings. The van der Waals surface area contributed by atoms with Crippen LogP contribution >= 0.6 is 23.8 Å².